The van der Waals surface area contributed by atoms with E-state index in [9.17, 15) is 45.6 Å². The van der Waals surface area contributed by atoms with E-state index in [1.165, 1.54) is 135 Å². The highest BCUT2D eigenvalue weighted by molar-refractivity contribution is 5.76. The van der Waals surface area contributed by atoms with Gasteiger partial charge in [0, 0.05) is 6.42 Å². The third-order valence-corrected chi connectivity index (χ3v) is 12.9. The van der Waals surface area contributed by atoms with Crippen LogP contribution in [0.25, 0.3) is 0 Å². The number of aliphatic hydroxyl groups is 8. The monoisotopic (exact) mass is 930 g/mol. The Morgan fingerprint density at radius 3 is 1.46 bits per heavy atom. The summed E-state index contributed by atoms with van der Waals surface area (Å²) in [5, 5.41) is 86.7. The van der Waals surface area contributed by atoms with E-state index < -0.39 is 86.8 Å². The Morgan fingerprint density at radius 1 is 0.538 bits per heavy atom. The smallest absolute Gasteiger partial charge is 0.220 e. The van der Waals surface area contributed by atoms with E-state index in [1.807, 2.05) is 6.08 Å². The van der Waals surface area contributed by atoms with Gasteiger partial charge in [0.1, 0.15) is 48.8 Å². The lowest BCUT2D eigenvalue weighted by molar-refractivity contribution is -0.359. The van der Waals surface area contributed by atoms with Gasteiger partial charge in [0.2, 0.25) is 5.91 Å². The van der Waals surface area contributed by atoms with Crippen LogP contribution >= 0.6 is 0 Å². The Labute approximate surface area is 392 Å². The Morgan fingerprint density at radius 2 is 0.969 bits per heavy atom. The molecule has 382 valence electrons. The maximum atomic E-state index is 13.2. The molecule has 1 amide bonds. The number of rotatable bonds is 40. The second-order valence-corrected chi connectivity index (χ2v) is 18.6. The minimum absolute atomic E-state index is 0.242. The summed E-state index contributed by atoms with van der Waals surface area (Å²) < 4.78 is 22.7. The van der Waals surface area contributed by atoms with Crippen LogP contribution in [0.4, 0.5) is 0 Å². The van der Waals surface area contributed by atoms with Crippen molar-refractivity contribution in [2.75, 3.05) is 19.8 Å². The molecule has 0 aromatic carbocycles. The van der Waals surface area contributed by atoms with E-state index in [2.05, 4.69) is 31.3 Å². The van der Waals surface area contributed by atoms with Crippen molar-refractivity contribution in [3.05, 3.63) is 24.3 Å². The minimum atomic E-state index is -1.79. The molecule has 0 aromatic rings. The first-order chi connectivity index (χ1) is 31.6. The molecule has 0 radical (unpaired) electrons. The molecule has 65 heavy (non-hydrogen) atoms. The number of ether oxygens (including phenoxy) is 4. The molecule has 0 aliphatic carbocycles. The number of allylic oxidation sites excluding steroid dienone is 3. The first-order valence-corrected chi connectivity index (χ1v) is 26.1. The molecular formula is C51H95NO13. The molecule has 9 N–H and O–H groups in total. The van der Waals surface area contributed by atoms with Crippen LogP contribution in [-0.2, 0) is 23.7 Å². The normalized spacial score (nSPS) is 27.2. The fourth-order valence-corrected chi connectivity index (χ4v) is 8.58. The van der Waals surface area contributed by atoms with Crippen LogP contribution in [0.15, 0.2) is 24.3 Å². The topological polar surface area (TPSA) is 228 Å². The molecule has 0 saturated carbocycles. The van der Waals surface area contributed by atoms with Crippen LogP contribution in [0.1, 0.15) is 200 Å². The molecule has 0 bridgehead atoms. The van der Waals surface area contributed by atoms with Crippen molar-refractivity contribution in [2.45, 2.75) is 274 Å². The van der Waals surface area contributed by atoms with Gasteiger partial charge in [-0.2, -0.15) is 0 Å². The van der Waals surface area contributed by atoms with Gasteiger partial charge in [-0.25, -0.2) is 0 Å². The maximum absolute atomic E-state index is 13.2. The molecule has 14 nitrogen and oxygen atoms in total. The number of aliphatic hydroxyl groups excluding tert-OH is 8. The third kappa shape index (κ3) is 25.6. The highest BCUT2D eigenvalue weighted by Gasteiger charge is 2.51. The van der Waals surface area contributed by atoms with Gasteiger partial charge in [0.25, 0.3) is 0 Å². The second kappa shape index (κ2) is 38.3. The fraction of sp³-hybridized carbons (Fsp3) is 0.902. The number of carbonyl (C=O) groups excluding carboxylic acids is 1. The van der Waals surface area contributed by atoms with E-state index in [1.54, 1.807) is 6.08 Å². The average Bonchev–Trinajstić information content (AvgIpc) is 3.30. The minimum Gasteiger partial charge on any atom is -0.394 e. The quantitative estimate of drug-likeness (QED) is 0.0225. The Hall–Kier alpha value is -1.53. The van der Waals surface area contributed by atoms with Gasteiger partial charge in [-0.1, -0.05) is 173 Å². The van der Waals surface area contributed by atoms with Crippen LogP contribution in [-0.4, -0.2) is 140 Å². The summed E-state index contributed by atoms with van der Waals surface area (Å²) >= 11 is 0. The number of hydrogen-bond acceptors (Lipinski definition) is 13. The zero-order valence-corrected chi connectivity index (χ0v) is 40.5. The first-order valence-electron chi connectivity index (χ1n) is 26.1. The molecule has 12 unspecified atom stereocenters. The predicted molar refractivity (Wildman–Crippen MR) is 254 cm³/mol. The van der Waals surface area contributed by atoms with Gasteiger partial charge < -0.3 is 65.1 Å². The van der Waals surface area contributed by atoms with Gasteiger partial charge in [-0.15, -0.1) is 0 Å². The van der Waals surface area contributed by atoms with Crippen LogP contribution in [0, 0.1) is 0 Å². The Kier molecular flexibility index (Phi) is 35.1. The van der Waals surface area contributed by atoms with Gasteiger partial charge in [0.05, 0.1) is 32.0 Å². The number of amides is 1. The van der Waals surface area contributed by atoms with E-state index in [0.29, 0.717) is 6.42 Å². The SMILES string of the molecule is CCCCCCCC/C=C\CCCCCCCCCCCC(=O)NC(COC1OC(CO)C(OC2OC(CO)C(O)C(O)C2O)C(O)C1O)C(O)/C=C/CCCCCCCCCCCC. The van der Waals surface area contributed by atoms with Gasteiger partial charge in [-0.05, 0) is 44.9 Å². The maximum Gasteiger partial charge on any atom is 0.220 e. The molecular weight excluding hydrogens is 835 g/mol. The van der Waals surface area contributed by atoms with Crippen LogP contribution in [0.5, 0.6) is 0 Å². The van der Waals surface area contributed by atoms with Crippen molar-refractivity contribution < 1.29 is 64.6 Å². The molecule has 2 aliphatic rings. The summed E-state index contributed by atoms with van der Waals surface area (Å²) in [5.41, 5.74) is 0. The number of hydrogen-bond donors (Lipinski definition) is 9. The molecule has 2 heterocycles. The average molecular weight is 930 g/mol. The lowest BCUT2D eigenvalue weighted by atomic mass is 9.97. The Bertz CT molecular complexity index is 1190. The lowest BCUT2D eigenvalue weighted by Crippen LogP contribution is -2.65. The van der Waals surface area contributed by atoms with E-state index >= 15 is 0 Å². The first kappa shape index (κ1) is 59.6. The van der Waals surface area contributed by atoms with Crippen molar-refractivity contribution in [1.82, 2.24) is 5.32 Å². The van der Waals surface area contributed by atoms with E-state index in [-0.39, 0.29) is 18.9 Å². The summed E-state index contributed by atoms with van der Waals surface area (Å²) in [6.45, 7) is 2.77. The second-order valence-electron chi connectivity index (χ2n) is 18.6. The van der Waals surface area contributed by atoms with Crippen molar-refractivity contribution >= 4 is 5.91 Å². The highest BCUT2D eigenvalue weighted by Crippen LogP contribution is 2.30. The van der Waals surface area contributed by atoms with E-state index in [0.717, 1.165) is 38.5 Å². The molecule has 14 heteroatoms. The van der Waals surface area contributed by atoms with Crippen molar-refractivity contribution in [3.8, 4) is 0 Å². The van der Waals surface area contributed by atoms with E-state index in [4.69, 9.17) is 18.9 Å². The molecule has 0 aromatic heterocycles. The summed E-state index contributed by atoms with van der Waals surface area (Å²) in [7, 11) is 0. The standard InChI is InChI=1S/C51H95NO13/c1-3-5-7-9-11-13-15-17-18-19-20-21-22-23-25-27-29-31-33-35-43(56)52-39(40(55)34-32-30-28-26-24-16-14-12-10-8-6-4-2)38-62-50-48(61)46(59)49(42(37-54)64-50)65-51-47(60)45(58)44(57)41(36-53)63-51/h17-18,32,34,39-42,44-51,53-55,57-61H,3-16,19-31,33,35-38H2,1-2H3,(H,52,56)/b18-17-,34-32+. The van der Waals surface area contributed by atoms with Crippen LogP contribution in [0.3, 0.4) is 0 Å². The third-order valence-electron chi connectivity index (χ3n) is 12.9. The highest BCUT2D eigenvalue weighted by atomic mass is 16.7. The number of carbonyl (C=O) groups is 1. The summed E-state index contributed by atoms with van der Waals surface area (Å²) in [5.74, 6) is -0.242. The van der Waals surface area contributed by atoms with Crippen LogP contribution in [0.2, 0.25) is 0 Å². The van der Waals surface area contributed by atoms with Crippen LogP contribution < -0.4 is 5.32 Å². The summed E-state index contributed by atoms with van der Waals surface area (Å²) in [6.07, 6.45) is 25.0. The van der Waals surface area contributed by atoms with Gasteiger partial charge >= 0.3 is 0 Å². The van der Waals surface area contributed by atoms with Gasteiger partial charge in [0.15, 0.2) is 12.6 Å². The number of unbranched alkanes of at least 4 members (excludes halogenated alkanes) is 25. The molecule has 12 atom stereocenters. The molecule has 2 saturated heterocycles. The molecule has 2 rings (SSSR count). The fourth-order valence-electron chi connectivity index (χ4n) is 8.58. The predicted octanol–water partition coefficient (Wildman–Crippen LogP) is 6.94. The van der Waals surface area contributed by atoms with Crippen molar-refractivity contribution in [2.24, 2.45) is 0 Å². The Balaban J connectivity index is 1.82. The van der Waals surface area contributed by atoms with Crippen molar-refractivity contribution in [3.63, 3.8) is 0 Å². The lowest BCUT2D eigenvalue weighted by Gasteiger charge is -2.46. The molecule has 2 fully saturated rings. The van der Waals surface area contributed by atoms with Gasteiger partial charge in [-0.3, -0.25) is 4.79 Å². The molecule has 2 aliphatic heterocycles. The summed E-state index contributed by atoms with van der Waals surface area (Å²) in [4.78, 5) is 13.2. The molecule has 0 spiro atoms. The zero-order chi connectivity index (χ0) is 47.5. The number of nitrogens with one attached hydrogen (secondary N) is 1. The van der Waals surface area contributed by atoms with Crippen molar-refractivity contribution in [1.29, 1.82) is 0 Å². The largest absolute Gasteiger partial charge is 0.394 e. The zero-order valence-electron chi connectivity index (χ0n) is 40.5. The summed E-state index contributed by atoms with van der Waals surface area (Å²) in [6, 6.07) is -0.911.